The summed E-state index contributed by atoms with van der Waals surface area (Å²) in [6.07, 6.45) is 9.99. The highest BCUT2D eigenvalue weighted by molar-refractivity contribution is 9.10. The minimum absolute atomic E-state index is 0.551. The van der Waals surface area contributed by atoms with Crippen LogP contribution >= 0.6 is 15.9 Å². The predicted molar refractivity (Wildman–Crippen MR) is 76.0 cm³/mol. The Kier molecular flexibility index (Phi) is 4.26. The van der Waals surface area contributed by atoms with Crippen LogP contribution < -0.4 is 11.1 Å². The van der Waals surface area contributed by atoms with E-state index in [1.54, 1.807) is 12.4 Å². The first kappa shape index (κ1) is 12.7. The van der Waals surface area contributed by atoms with Crippen LogP contribution in [0, 0.1) is 5.92 Å². The average molecular weight is 298 g/mol. The third-order valence-corrected chi connectivity index (χ3v) is 4.29. The Hall–Kier alpha value is -0.770. The molecule has 0 aromatic carbocycles. The number of nitrogens with zero attached hydrogens (tertiary/aromatic N) is 1. The zero-order chi connectivity index (χ0) is 12.3. The van der Waals surface area contributed by atoms with E-state index < -0.39 is 0 Å². The van der Waals surface area contributed by atoms with Crippen molar-refractivity contribution in [2.75, 3.05) is 11.1 Å². The topological polar surface area (TPSA) is 50.9 Å². The van der Waals surface area contributed by atoms with Gasteiger partial charge in [0.25, 0.3) is 0 Å². The number of nitrogens with one attached hydrogen (secondary N) is 1. The second kappa shape index (κ2) is 5.71. The fraction of sp³-hybridized carbons (Fsp3) is 0.615. The molecule has 1 aromatic rings. The van der Waals surface area contributed by atoms with Crippen LogP contribution in [0.25, 0.3) is 0 Å². The number of hydrogen-bond donors (Lipinski definition) is 2. The van der Waals surface area contributed by atoms with Gasteiger partial charge in [0.15, 0.2) is 0 Å². The van der Waals surface area contributed by atoms with Gasteiger partial charge >= 0.3 is 0 Å². The number of pyridine rings is 1. The summed E-state index contributed by atoms with van der Waals surface area (Å²) in [5.41, 5.74) is 7.70. The van der Waals surface area contributed by atoms with Crippen molar-refractivity contribution >= 4 is 27.3 Å². The minimum atomic E-state index is 0.551. The van der Waals surface area contributed by atoms with Crippen molar-refractivity contribution in [2.24, 2.45) is 5.92 Å². The van der Waals surface area contributed by atoms with Gasteiger partial charge in [-0.05, 0) is 34.7 Å². The molecule has 4 heteroatoms. The van der Waals surface area contributed by atoms with E-state index in [4.69, 9.17) is 5.73 Å². The molecule has 17 heavy (non-hydrogen) atoms. The van der Waals surface area contributed by atoms with Crippen molar-refractivity contribution in [3.8, 4) is 0 Å². The molecule has 1 fully saturated rings. The molecule has 1 saturated carbocycles. The molecule has 1 aliphatic carbocycles. The molecule has 2 rings (SSSR count). The van der Waals surface area contributed by atoms with E-state index >= 15 is 0 Å². The van der Waals surface area contributed by atoms with Gasteiger partial charge in [0.1, 0.15) is 0 Å². The number of hydrogen-bond acceptors (Lipinski definition) is 3. The van der Waals surface area contributed by atoms with Crippen LogP contribution in [0.2, 0.25) is 0 Å². The molecule has 2 unspecified atom stereocenters. The molecular weight excluding hydrogens is 278 g/mol. The van der Waals surface area contributed by atoms with E-state index in [0.717, 1.165) is 21.8 Å². The molecule has 2 atom stereocenters. The van der Waals surface area contributed by atoms with E-state index in [1.807, 2.05) is 0 Å². The van der Waals surface area contributed by atoms with Crippen LogP contribution in [0.3, 0.4) is 0 Å². The number of anilines is 2. The molecule has 0 aliphatic heterocycles. The van der Waals surface area contributed by atoms with E-state index in [1.165, 1.54) is 32.1 Å². The summed E-state index contributed by atoms with van der Waals surface area (Å²) in [6.45, 7) is 2.27. The third kappa shape index (κ3) is 2.92. The van der Waals surface area contributed by atoms with Gasteiger partial charge in [0.2, 0.25) is 0 Å². The molecule has 94 valence electrons. The second-order valence-corrected chi connectivity index (χ2v) is 5.64. The summed E-state index contributed by atoms with van der Waals surface area (Å²) < 4.78 is 0.956. The smallest absolute Gasteiger partial charge is 0.0752 e. The highest BCUT2D eigenvalue weighted by atomic mass is 79.9. The lowest BCUT2D eigenvalue weighted by Crippen LogP contribution is -2.32. The molecule has 0 bridgehead atoms. The van der Waals surface area contributed by atoms with Gasteiger partial charge in [-0.3, -0.25) is 4.98 Å². The molecular formula is C13H20BrN3. The Labute approximate surface area is 111 Å². The fourth-order valence-electron chi connectivity index (χ4n) is 2.67. The Morgan fingerprint density at radius 1 is 1.41 bits per heavy atom. The summed E-state index contributed by atoms with van der Waals surface area (Å²) in [6, 6.07) is 0.551. The molecule has 0 radical (unpaired) electrons. The van der Waals surface area contributed by atoms with Crippen molar-refractivity contribution in [3.05, 3.63) is 16.9 Å². The van der Waals surface area contributed by atoms with Gasteiger partial charge in [-0.2, -0.15) is 0 Å². The molecule has 1 aromatic heterocycles. The number of rotatable bonds is 3. The zero-order valence-electron chi connectivity index (χ0n) is 10.2. The van der Waals surface area contributed by atoms with Gasteiger partial charge in [-0.15, -0.1) is 0 Å². The maximum absolute atomic E-state index is 5.97. The van der Waals surface area contributed by atoms with Crippen LogP contribution in [0.1, 0.15) is 39.0 Å². The summed E-state index contributed by atoms with van der Waals surface area (Å²) >= 11 is 3.51. The second-order valence-electron chi connectivity index (χ2n) is 4.79. The van der Waals surface area contributed by atoms with Crippen molar-refractivity contribution in [2.45, 2.75) is 45.1 Å². The zero-order valence-corrected chi connectivity index (χ0v) is 11.8. The highest BCUT2D eigenvalue weighted by Gasteiger charge is 2.24. The lowest BCUT2D eigenvalue weighted by molar-refractivity contribution is 0.317. The Morgan fingerprint density at radius 3 is 2.88 bits per heavy atom. The van der Waals surface area contributed by atoms with Crippen LogP contribution in [0.4, 0.5) is 11.4 Å². The molecule has 1 heterocycles. The van der Waals surface area contributed by atoms with E-state index in [2.05, 4.69) is 33.2 Å². The molecule has 0 spiro atoms. The summed E-state index contributed by atoms with van der Waals surface area (Å²) in [4.78, 5) is 4.06. The first-order valence-electron chi connectivity index (χ1n) is 6.38. The molecule has 0 saturated heterocycles. The van der Waals surface area contributed by atoms with E-state index in [0.29, 0.717) is 6.04 Å². The maximum atomic E-state index is 5.97. The van der Waals surface area contributed by atoms with Crippen LogP contribution in [-0.4, -0.2) is 11.0 Å². The van der Waals surface area contributed by atoms with Crippen LogP contribution in [0.5, 0.6) is 0 Å². The van der Waals surface area contributed by atoms with Crippen molar-refractivity contribution in [3.63, 3.8) is 0 Å². The number of nitrogens with two attached hydrogens (primary N) is 1. The van der Waals surface area contributed by atoms with E-state index in [9.17, 15) is 0 Å². The summed E-state index contributed by atoms with van der Waals surface area (Å²) in [5, 5.41) is 3.61. The first-order valence-corrected chi connectivity index (χ1v) is 7.17. The first-order chi connectivity index (χ1) is 8.22. The molecule has 1 aliphatic rings. The van der Waals surface area contributed by atoms with Crippen LogP contribution in [-0.2, 0) is 0 Å². The summed E-state index contributed by atoms with van der Waals surface area (Å²) in [5.74, 6) is 0.767. The molecule has 0 amide bonds. The quantitative estimate of drug-likeness (QED) is 0.892. The average Bonchev–Trinajstić information content (AvgIpc) is 2.34. The monoisotopic (exact) mass is 297 g/mol. The van der Waals surface area contributed by atoms with Crippen molar-refractivity contribution < 1.29 is 0 Å². The van der Waals surface area contributed by atoms with Gasteiger partial charge < -0.3 is 11.1 Å². The van der Waals surface area contributed by atoms with Gasteiger partial charge in [0.05, 0.1) is 22.0 Å². The largest absolute Gasteiger partial charge is 0.396 e. The Bertz CT molecular complexity index is 361. The van der Waals surface area contributed by atoms with Gasteiger partial charge in [-0.1, -0.05) is 26.2 Å². The summed E-state index contributed by atoms with van der Waals surface area (Å²) in [7, 11) is 0. The molecule has 3 nitrogen and oxygen atoms in total. The molecule has 3 N–H and O–H groups in total. The van der Waals surface area contributed by atoms with Crippen molar-refractivity contribution in [1.82, 2.24) is 4.98 Å². The lowest BCUT2D eigenvalue weighted by Gasteiger charge is -2.32. The SMILES string of the molecule is CCC1CCCCC1Nc1c(N)cncc1Br. The minimum Gasteiger partial charge on any atom is -0.396 e. The van der Waals surface area contributed by atoms with Crippen LogP contribution in [0.15, 0.2) is 16.9 Å². The lowest BCUT2D eigenvalue weighted by atomic mass is 9.83. The normalized spacial score (nSPS) is 24.6. The maximum Gasteiger partial charge on any atom is 0.0752 e. The van der Waals surface area contributed by atoms with Crippen molar-refractivity contribution in [1.29, 1.82) is 0 Å². The highest BCUT2D eigenvalue weighted by Crippen LogP contribution is 2.33. The Morgan fingerprint density at radius 2 is 2.18 bits per heavy atom. The van der Waals surface area contributed by atoms with Gasteiger partial charge in [0, 0.05) is 12.2 Å². The third-order valence-electron chi connectivity index (χ3n) is 3.69. The number of aromatic nitrogens is 1. The van der Waals surface area contributed by atoms with E-state index in [-0.39, 0.29) is 0 Å². The number of halogens is 1. The predicted octanol–water partition coefficient (Wildman–Crippen LogP) is 3.81. The number of nitrogen functional groups attached to an aromatic ring is 1. The Balaban J connectivity index is 2.13. The fourth-order valence-corrected chi connectivity index (χ4v) is 3.14. The van der Waals surface area contributed by atoms with Gasteiger partial charge in [-0.25, -0.2) is 0 Å². The standard InChI is InChI=1S/C13H20BrN3/c1-2-9-5-3-4-6-12(9)17-13-10(14)7-16-8-11(13)15/h7-9,12H,2-6,15H2,1H3,(H,16,17).